The molecule has 2 nitrogen and oxygen atoms in total. The molecule has 1 heterocycles. The standard InChI is InChI=1S/C7H9N.CH3N/c1-3-7-5-4-6(2)8-7;1-2/h3-5,8H,1H2,2H3;2H,1H2. The fourth-order valence-corrected chi connectivity index (χ4v) is 0.645. The molecule has 0 aromatic carbocycles. The van der Waals surface area contributed by atoms with Crippen molar-refractivity contribution in [3.8, 4) is 0 Å². The quantitative estimate of drug-likeness (QED) is 0.556. The van der Waals surface area contributed by atoms with Crippen molar-refractivity contribution in [1.29, 1.82) is 5.41 Å². The smallest absolute Gasteiger partial charge is 0.0376 e. The largest absolute Gasteiger partial charge is 0.359 e. The van der Waals surface area contributed by atoms with E-state index in [0.717, 1.165) is 5.69 Å². The van der Waals surface area contributed by atoms with Crippen LogP contribution in [-0.2, 0) is 0 Å². The molecule has 0 saturated heterocycles. The van der Waals surface area contributed by atoms with Gasteiger partial charge in [0.2, 0.25) is 0 Å². The summed E-state index contributed by atoms with van der Waals surface area (Å²) in [5.41, 5.74) is 2.27. The van der Waals surface area contributed by atoms with Crippen molar-refractivity contribution in [1.82, 2.24) is 4.98 Å². The topological polar surface area (TPSA) is 39.6 Å². The number of hydrogen-bond donors (Lipinski definition) is 2. The number of hydrogen-bond acceptors (Lipinski definition) is 1. The van der Waals surface area contributed by atoms with Crippen LogP contribution in [0.3, 0.4) is 0 Å². The van der Waals surface area contributed by atoms with E-state index in [9.17, 15) is 0 Å². The summed E-state index contributed by atoms with van der Waals surface area (Å²) < 4.78 is 0. The van der Waals surface area contributed by atoms with Gasteiger partial charge in [-0.15, -0.1) is 0 Å². The minimum absolute atomic E-state index is 1.09. The zero-order valence-electron chi connectivity index (χ0n) is 6.15. The first-order valence-corrected chi connectivity index (χ1v) is 2.96. The molecule has 0 radical (unpaired) electrons. The summed E-state index contributed by atoms with van der Waals surface area (Å²) in [7, 11) is 0. The summed E-state index contributed by atoms with van der Waals surface area (Å²) in [6.07, 6.45) is 1.80. The van der Waals surface area contributed by atoms with Crippen molar-refractivity contribution in [2.24, 2.45) is 0 Å². The lowest BCUT2D eigenvalue weighted by Crippen LogP contribution is -1.68. The van der Waals surface area contributed by atoms with E-state index in [0.29, 0.717) is 0 Å². The van der Waals surface area contributed by atoms with Crippen molar-refractivity contribution < 1.29 is 0 Å². The lowest BCUT2D eigenvalue weighted by atomic mass is 10.4. The minimum atomic E-state index is 1.09. The predicted octanol–water partition coefficient (Wildman–Crippen LogP) is 2.23. The van der Waals surface area contributed by atoms with E-state index in [2.05, 4.69) is 18.3 Å². The Kier molecular flexibility index (Phi) is 3.96. The fraction of sp³-hybridized carbons (Fsp3) is 0.125. The summed E-state index contributed by atoms with van der Waals surface area (Å²) in [5.74, 6) is 0. The summed E-state index contributed by atoms with van der Waals surface area (Å²) in [6.45, 7) is 8.13. The van der Waals surface area contributed by atoms with Gasteiger partial charge >= 0.3 is 0 Å². The maximum Gasteiger partial charge on any atom is 0.0376 e. The van der Waals surface area contributed by atoms with Crippen LogP contribution in [-0.4, -0.2) is 11.7 Å². The van der Waals surface area contributed by atoms with Gasteiger partial charge in [-0.3, -0.25) is 0 Å². The first-order valence-electron chi connectivity index (χ1n) is 2.96. The fourth-order valence-electron chi connectivity index (χ4n) is 0.645. The van der Waals surface area contributed by atoms with E-state index >= 15 is 0 Å². The summed E-state index contributed by atoms with van der Waals surface area (Å²) in [6, 6.07) is 4.03. The third kappa shape index (κ3) is 2.31. The van der Waals surface area contributed by atoms with Gasteiger partial charge in [-0.25, -0.2) is 0 Å². The second-order valence-corrected chi connectivity index (χ2v) is 1.80. The van der Waals surface area contributed by atoms with Crippen LogP contribution in [0.15, 0.2) is 18.7 Å². The third-order valence-corrected chi connectivity index (χ3v) is 1.07. The molecule has 0 saturated carbocycles. The zero-order chi connectivity index (χ0) is 7.98. The second kappa shape index (κ2) is 4.56. The van der Waals surface area contributed by atoms with E-state index in [1.165, 1.54) is 5.69 Å². The maximum atomic E-state index is 5.50. The minimum Gasteiger partial charge on any atom is -0.359 e. The molecule has 2 N–H and O–H groups in total. The van der Waals surface area contributed by atoms with Crippen LogP contribution in [0.5, 0.6) is 0 Å². The molecular formula is C8H12N2. The Morgan fingerprint density at radius 1 is 1.50 bits per heavy atom. The first kappa shape index (κ1) is 8.69. The van der Waals surface area contributed by atoms with Gasteiger partial charge in [-0.2, -0.15) is 0 Å². The predicted molar refractivity (Wildman–Crippen MR) is 45.5 cm³/mol. The van der Waals surface area contributed by atoms with E-state index in [1.807, 2.05) is 19.1 Å². The highest BCUT2D eigenvalue weighted by atomic mass is 14.7. The lowest BCUT2D eigenvalue weighted by molar-refractivity contribution is 1.25. The molecule has 1 aromatic rings. The van der Waals surface area contributed by atoms with E-state index in [-0.39, 0.29) is 0 Å². The average Bonchev–Trinajstić information content (AvgIpc) is 2.40. The van der Waals surface area contributed by atoms with Crippen molar-refractivity contribution in [2.45, 2.75) is 6.92 Å². The van der Waals surface area contributed by atoms with Crippen LogP contribution in [0.25, 0.3) is 6.08 Å². The number of H-pyrrole nitrogens is 1. The number of aryl methyl sites for hydroxylation is 1. The summed E-state index contributed by atoms with van der Waals surface area (Å²) in [5, 5.41) is 5.50. The van der Waals surface area contributed by atoms with Crippen LogP contribution in [0, 0.1) is 12.3 Å². The normalized spacial score (nSPS) is 7.70. The van der Waals surface area contributed by atoms with Gasteiger partial charge in [-0.1, -0.05) is 6.58 Å². The second-order valence-electron chi connectivity index (χ2n) is 1.80. The van der Waals surface area contributed by atoms with Gasteiger partial charge in [0, 0.05) is 11.4 Å². The molecule has 0 fully saturated rings. The molecule has 1 aromatic heterocycles. The number of nitrogens with one attached hydrogen (secondary N) is 2. The van der Waals surface area contributed by atoms with E-state index in [1.54, 1.807) is 6.08 Å². The Labute approximate surface area is 61.1 Å². The van der Waals surface area contributed by atoms with Crippen LogP contribution >= 0.6 is 0 Å². The SMILES string of the molecule is C=Cc1ccc(C)[nH]1.C=N. The number of rotatable bonds is 1. The van der Waals surface area contributed by atoms with Crippen molar-refractivity contribution in [3.63, 3.8) is 0 Å². The summed E-state index contributed by atoms with van der Waals surface area (Å²) in [4.78, 5) is 3.11. The van der Waals surface area contributed by atoms with Crippen LogP contribution in [0.4, 0.5) is 0 Å². The van der Waals surface area contributed by atoms with Crippen LogP contribution in [0.2, 0.25) is 0 Å². The highest BCUT2D eigenvalue weighted by Gasteiger charge is 1.84. The van der Waals surface area contributed by atoms with Gasteiger partial charge in [0.05, 0.1) is 0 Å². The molecule has 0 atom stereocenters. The highest BCUT2D eigenvalue weighted by molar-refractivity contribution is 5.42. The molecule has 0 bridgehead atoms. The Bertz CT molecular complexity index is 201. The van der Waals surface area contributed by atoms with Crippen molar-refractivity contribution in [2.75, 3.05) is 0 Å². The first-order chi connectivity index (χ1) is 4.83. The van der Waals surface area contributed by atoms with E-state index < -0.39 is 0 Å². The molecule has 0 amide bonds. The molecule has 10 heavy (non-hydrogen) atoms. The monoisotopic (exact) mass is 136 g/mol. The van der Waals surface area contributed by atoms with Gasteiger partial charge in [0.25, 0.3) is 0 Å². The molecule has 0 aliphatic rings. The Morgan fingerprint density at radius 3 is 2.30 bits per heavy atom. The molecular weight excluding hydrogens is 124 g/mol. The van der Waals surface area contributed by atoms with E-state index in [4.69, 9.17) is 5.41 Å². The van der Waals surface area contributed by atoms with Crippen LogP contribution < -0.4 is 0 Å². The van der Waals surface area contributed by atoms with Gasteiger partial charge in [0.15, 0.2) is 0 Å². The highest BCUT2D eigenvalue weighted by Crippen LogP contribution is 1.99. The molecule has 0 aliphatic carbocycles. The molecule has 54 valence electrons. The molecule has 1 rings (SSSR count). The maximum absolute atomic E-state index is 5.50. The molecule has 0 aliphatic heterocycles. The molecule has 0 spiro atoms. The van der Waals surface area contributed by atoms with Gasteiger partial charge in [0.1, 0.15) is 0 Å². The van der Waals surface area contributed by atoms with Gasteiger partial charge < -0.3 is 10.4 Å². The zero-order valence-corrected chi connectivity index (χ0v) is 6.15. The average molecular weight is 136 g/mol. The summed E-state index contributed by atoms with van der Waals surface area (Å²) >= 11 is 0. The van der Waals surface area contributed by atoms with Gasteiger partial charge in [-0.05, 0) is 31.9 Å². The molecule has 2 heteroatoms. The van der Waals surface area contributed by atoms with Crippen molar-refractivity contribution >= 4 is 12.8 Å². The Hall–Kier alpha value is -1.31. The number of aromatic amines is 1. The molecule has 0 unspecified atom stereocenters. The number of aromatic nitrogens is 1. The lowest BCUT2D eigenvalue weighted by Gasteiger charge is -1.79. The Balaban J connectivity index is 0.000000371. The van der Waals surface area contributed by atoms with Crippen molar-refractivity contribution in [3.05, 3.63) is 30.1 Å². The Morgan fingerprint density at radius 2 is 2.10 bits per heavy atom. The van der Waals surface area contributed by atoms with Crippen LogP contribution in [0.1, 0.15) is 11.4 Å². The third-order valence-electron chi connectivity index (χ3n) is 1.07.